The van der Waals surface area contributed by atoms with Gasteiger partial charge in [0.2, 0.25) is 0 Å². The maximum absolute atomic E-state index is 6.18. The lowest BCUT2D eigenvalue weighted by atomic mass is 9.76. The second-order valence-corrected chi connectivity index (χ2v) is 7.04. The van der Waals surface area contributed by atoms with Crippen molar-refractivity contribution in [1.29, 1.82) is 0 Å². The molecule has 1 spiro atoms. The summed E-state index contributed by atoms with van der Waals surface area (Å²) in [4.78, 5) is 0. The van der Waals surface area contributed by atoms with E-state index in [1.165, 1.54) is 10.0 Å². The van der Waals surface area contributed by atoms with Crippen LogP contribution in [0.2, 0.25) is 0 Å². The van der Waals surface area contributed by atoms with E-state index in [4.69, 9.17) is 9.47 Å². The van der Waals surface area contributed by atoms with Crippen molar-refractivity contribution in [3.63, 3.8) is 0 Å². The fourth-order valence-corrected chi connectivity index (χ4v) is 4.35. The molecule has 21 heavy (non-hydrogen) atoms. The number of hydrogen-bond donors (Lipinski definition) is 1. The molecule has 2 saturated heterocycles. The van der Waals surface area contributed by atoms with E-state index in [0.29, 0.717) is 12.0 Å². The average molecular weight is 354 g/mol. The average Bonchev–Trinajstić information content (AvgIpc) is 2.51. The molecule has 1 aromatic carbocycles. The van der Waals surface area contributed by atoms with Crippen LogP contribution >= 0.6 is 15.9 Å². The first-order valence-corrected chi connectivity index (χ1v) is 8.67. The van der Waals surface area contributed by atoms with Crippen molar-refractivity contribution >= 4 is 15.9 Å². The lowest BCUT2D eigenvalue weighted by Gasteiger charge is -2.45. The normalized spacial score (nSPS) is 26.7. The predicted octanol–water partition coefficient (Wildman–Crippen LogP) is 3.69. The maximum Gasteiger partial charge on any atom is 0.0729 e. The number of benzene rings is 1. The topological polar surface area (TPSA) is 30.5 Å². The fraction of sp³-hybridized carbons (Fsp3) is 0.647. The van der Waals surface area contributed by atoms with Crippen LogP contribution in [0.1, 0.15) is 37.3 Å². The molecule has 4 heteroatoms. The van der Waals surface area contributed by atoms with Gasteiger partial charge in [0.25, 0.3) is 0 Å². The van der Waals surface area contributed by atoms with Crippen LogP contribution in [-0.4, -0.2) is 32.5 Å². The van der Waals surface area contributed by atoms with Crippen LogP contribution in [0.15, 0.2) is 28.7 Å². The van der Waals surface area contributed by atoms with E-state index in [1.54, 1.807) is 0 Å². The van der Waals surface area contributed by atoms with Crippen molar-refractivity contribution in [2.45, 2.75) is 37.3 Å². The molecule has 3 rings (SSSR count). The minimum absolute atomic E-state index is 0.0531. The van der Waals surface area contributed by atoms with Crippen LogP contribution in [0.3, 0.4) is 0 Å². The van der Waals surface area contributed by atoms with Gasteiger partial charge in [0, 0.05) is 30.3 Å². The molecule has 2 atom stereocenters. The predicted molar refractivity (Wildman–Crippen MR) is 87.4 cm³/mol. The zero-order chi connectivity index (χ0) is 14.7. The number of ether oxygens (including phenoxy) is 2. The first-order valence-electron chi connectivity index (χ1n) is 7.87. The molecule has 0 radical (unpaired) electrons. The summed E-state index contributed by atoms with van der Waals surface area (Å²) in [5, 5.41) is 3.53. The monoisotopic (exact) mass is 353 g/mol. The summed E-state index contributed by atoms with van der Waals surface area (Å²) in [6, 6.07) is 8.92. The Morgan fingerprint density at radius 1 is 1.24 bits per heavy atom. The van der Waals surface area contributed by atoms with E-state index in [9.17, 15) is 0 Å². The fourth-order valence-electron chi connectivity index (χ4n) is 3.81. The highest BCUT2D eigenvalue weighted by Crippen LogP contribution is 2.42. The lowest BCUT2D eigenvalue weighted by Crippen LogP contribution is -2.46. The summed E-state index contributed by atoms with van der Waals surface area (Å²) >= 11 is 3.70. The van der Waals surface area contributed by atoms with Gasteiger partial charge in [-0.05, 0) is 50.3 Å². The Bertz CT molecular complexity index is 468. The number of hydrogen-bond acceptors (Lipinski definition) is 3. The smallest absolute Gasteiger partial charge is 0.0729 e. The molecule has 0 aliphatic carbocycles. The van der Waals surface area contributed by atoms with Crippen molar-refractivity contribution in [2.24, 2.45) is 5.92 Å². The van der Waals surface area contributed by atoms with Gasteiger partial charge < -0.3 is 14.8 Å². The van der Waals surface area contributed by atoms with Gasteiger partial charge in [-0.1, -0.05) is 34.1 Å². The van der Waals surface area contributed by atoms with E-state index >= 15 is 0 Å². The zero-order valence-electron chi connectivity index (χ0n) is 12.6. The Morgan fingerprint density at radius 3 is 2.71 bits per heavy atom. The summed E-state index contributed by atoms with van der Waals surface area (Å²) < 4.78 is 12.9. The second kappa shape index (κ2) is 6.78. The Morgan fingerprint density at radius 2 is 2.00 bits per heavy atom. The van der Waals surface area contributed by atoms with Gasteiger partial charge in [-0.15, -0.1) is 0 Å². The van der Waals surface area contributed by atoms with Crippen LogP contribution < -0.4 is 5.32 Å². The molecule has 2 aliphatic rings. The highest BCUT2D eigenvalue weighted by Gasteiger charge is 2.41. The molecule has 0 saturated carbocycles. The van der Waals surface area contributed by atoms with Gasteiger partial charge in [-0.25, -0.2) is 0 Å². The number of nitrogens with one attached hydrogen (secondary N) is 1. The van der Waals surface area contributed by atoms with Crippen LogP contribution in [0.4, 0.5) is 0 Å². The number of rotatable bonds is 3. The summed E-state index contributed by atoms with van der Waals surface area (Å²) in [7, 11) is 2.07. The second-order valence-electron chi connectivity index (χ2n) is 6.18. The van der Waals surface area contributed by atoms with Gasteiger partial charge >= 0.3 is 0 Å². The largest absolute Gasteiger partial charge is 0.381 e. The van der Waals surface area contributed by atoms with Crippen molar-refractivity contribution in [2.75, 3.05) is 26.9 Å². The summed E-state index contributed by atoms with van der Waals surface area (Å²) in [5.74, 6) is 0.612. The minimum atomic E-state index is 0.0531. The first kappa shape index (κ1) is 15.5. The molecule has 3 nitrogen and oxygen atoms in total. The molecule has 0 bridgehead atoms. The van der Waals surface area contributed by atoms with Crippen molar-refractivity contribution in [3.8, 4) is 0 Å². The van der Waals surface area contributed by atoms with E-state index in [-0.39, 0.29) is 5.60 Å². The SMILES string of the molecule is CNC(c1ccccc1Br)C1CCOC2(CCOCC2)C1. The van der Waals surface area contributed by atoms with E-state index in [2.05, 4.69) is 52.6 Å². The van der Waals surface area contributed by atoms with Gasteiger partial charge in [0.05, 0.1) is 5.60 Å². The summed E-state index contributed by atoms with van der Waals surface area (Å²) in [5.41, 5.74) is 1.41. The molecule has 2 aliphatic heterocycles. The van der Waals surface area contributed by atoms with Gasteiger partial charge in [0.1, 0.15) is 0 Å². The highest BCUT2D eigenvalue weighted by atomic mass is 79.9. The molecule has 2 fully saturated rings. The van der Waals surface area contributed by atoms with Crippen LogP contribution in [-0.2, 0) is 9.47 Å². The molecule has 1 aromatic rings. The Hall–Kier alpha value is -0.420. The highest BCUT2D eigenvalue weighted by molar-refractivity contribution is 9.10. The first-order chi connectivity index (χ1) is 10.2. The summed E-state index contributed by atoms with van der Waals surface area (Å²) in [6.07, 6.45) is 4.32. The lowest BCUT2D eigenvalue weighted by molar-refractivity contribution is -0.150. The van der Waals surface area contributed by atoms with Crippen LogP contribution in [0.25, 0.3) is 0 Å². The number of halogens is 1. The standard InChI is InChI=1S/C17H24BrNO2/c1-19-16(14-4-2-3-5-15(14)18)13-6-9-21-17(12-13)7-10-20-11-8-17/h2-5,13,16,19H,6-12H2,1H3. The quantitative estimate of drug-likeness (QED) is 0.898. The minimum Gasteiger partial charge on any atom is -0.381 e. The van der Waals surface area contributed by atoms with Crippen LogP contribution in [0.5, 0.6) is 0 Å². The van der Waals surface area contributed by atoms with Crippen molar-refractivity contribution < 1.29 is 9.47 Å². The van der Waals surface area contributed by atoms with E-state index < -0.39 is 0 Å². The molecule has 0 aromatic heterocycles. The molecular weight excluding hydrogens is 330 g/mol. The van der Waals surface area contributed by atoms with Gasteiger partial charge in [0.15, 0.2) is 0 Å². The van der Waals surface area contributed by atoms with Gasteiger partial charge in [-0.2, -0.15) is 0 Å². The Labute approximate surface area is 135 Å². The third-order valence-corrected chi connectivity index (χ3v) is 5.68. The molecular formula is C17H24BrNO2. The van der Waals surface area contributed by atoms with Crippen molar-refractivity contribution in [3.05, 3.63) is 34.3 Å². The Balaban J connectivity index is 1.79. The van der Waals surface area contributed by atoms with E-state index in [0.717, 1.165) is 45.5 Å². The third-order valence-electron chi connectivity index (χ3n) is 4.96. The molecule has 0 amide bonds. The molecule has 1 N–H and O–H groups in total. The Kier molecular flexibility index (Phi) is 4.99. The molecule has 2 unspecified atom stereocenters. The third kappa shape index (κ3) is 3.34. The molecule has 2 heterocycles. The van der Waals surface area contributed by atoms with Gasteiger partial charge in [-0.3, -0.25) is 0 Å². The zero-order valence-corrected chi connectivity index (χ0v) is 14.2. The maximum atomic E-state index is 6.18. The van der Waals surface area contributed by atoms with E-state index in [1.807, 2.05) is 0 Å². The molecule has 116 valence electrons. The van der Waals surface area contributed by atoms with Crippen molar-refractivity contribution in [1.82, 2.24) is 5.32 Å². The van der Waals surface area contributed by atoms with Crippen LogP contribution in [0, 0.1) is 5.92 Å². The summed E-state index contributed by atoms with van der Waals surface area (Å²) in [6.45, 7) is 2.55.